The number of benzene rings is 2. The van der Waals surface area contributed by atoms with Gasteiger partial charge in [0.25, 0.3) is 5.91 Å². The van der Waals surface area contributed by atoms with E-state index in [4.69, 9.17) is 4.42 Å². The van der Waals surface area contributed by atoms with E-state index in [2.05, 4.69) is 15.3 Å². The maximum Gasteiger partial charge on any atom is 0.255 e. The average Bonchev–Trinajstić information content (AvgIpc) is 3.24. The van der Waals surface area contributed by atoms with Crippen LogP contribution in [-0.4, -0.2) is 24.3 Å². The van der Waals surface area contributed by atoms with Crippen LogP contribution in [-0.2, 0) is 15.6 Å². The van der Waals surface area contributed by atoms with Crippen molar-refractivity contribution in [2.24, 2.45) is 0 Å². The maximum atomic E-state index is 12.7. The largest absolute Gasteiger partial charge is 0.444 e. The fourth-order valence-electron chi connectivity index (χ4n) is 3.10. The zero-order valence-corrected chi connectivity index (χ0v) is 18.4. The van der Waals surface area contributed by atoms with Crippen molar-refractivity contribution in [3.63, 3.8) is 0 Å². The molecular formula is C24H21N3O4S. The number of carbonyl (C=O) groups is 1. The van der Waals surface area contributed by atoms with Gasteiger partial charge in [0.15, 0.2) is 9.84 Å². The summed E-state index contributed by atoms with van der Waals surface area (Å²) >= 11 is 0. The molecule has 8 heteroatoms. The number of aromatic nitrogens is 2. The standard InChI is InChI=1S/C24H21N3O4S/c1-16-5-10-22(12-17(16)2)32(29,30)15-21-14-31-24(27-21)19-8-6-18(7-9-19)23(28)26-20-4-3-11-25-13-20/h3-14H,15H2,1-2H3,(H,26,28). The number of anilines is 1. The molecule has 0 fully saturated rings. The summed E-state index contributed by atoms with van der Waals surface area (Å²) < 4.78 is 31.0. The molecule has 1 amide bonds. The van der Waals surface area contributed by atoms with Crippen LogP contribution in [0.15, 0.2) is 82.6 Å². The Hall–Kier alpha value is -3.78. The van der Waals surface area contributed by atoms with Gasteiger partial charge in [-0.1, -0.05) is 6.07 Å². The number of sulfone groups is 1. The van der Waals surface area contributed by atoms with E-state index in [9.17, 15) is 13.2 Å². The zero-order chi connectivity index (χ0) is 22.7. The molecule has 0 aliphatic rings. The van der Waals surface area contributed by atoms with E-state index in [1.54, 1.807) is 67.0 Å². The van der Waals surface area contributed by atoms with Gasteiger partial charge in [-0.15, -0.1) is 0 Å². The first-order valence-corrected chi connectivity index (χ1v) is 11.5. The molecule has 0 unspecified atom stereocenters. The number of hydrogen-bond acceptors (Lipinski definition) is 6. The number of aryl methyl sites for hydroxylation is 2. The lowest BCUT2D eigenvalue weighted by atomic mass is 10.1. The van der Waals surface area contributed by atoms with Crippen LogP contribution in [0.5, 0.6) is 0 Å². The van der Waals surface area contributed by atoms with Crippen molar-refractivity contribution in [1.29, 1.82) is 0 Å². The van der Waals surface area contributed by atoms with Crippen LogP contribution in [0.1, 0.15) is 27.2 Å². The summed E-state index contributed by atoms with van der Waals surface area (Å²) in [4.78, 5) is 20.9. The van der Waals surface area contributed by atoms with Crippen molar-refractivity contribution in [1.82, 2.24) is 9.97 Å². The highest BCUT2D eigenvalue weighted by atomic mass is 32.2. The van der Waals surface area contributed by atoms with Gasteiger partial charge in [0.05, 0.1) is 22.5 Å². The predicted octanol–water partition coefficient (Wildman–Crippen LogP) is 4.58. The van der Waals surface area contributed by atoms with E-state index >= 15 is 0 Å². The number of hydrogen-bond donors (Lipinski definition) is 1. The maximum absolute atomic E-state index is 12.7. The Labute approximate surface area is 186 Å². The molecule has 0 atom stereocenters. The third-order valence-electron chi connectivity index (χ3n) is 5.04. The van der Waals surface area contributed by atoms with Crippen LogP contribution in [0.2, 0.25) is 0 Å². The average molecular weight is 448 g/mol. The third-order valence-corrected chi connectivity index (χ3v) is 6.69. The molecule has 4 rings (SSSR count). The van der Waals surface area contributed by atoms with Crippen LogP contribution >= 0.6 is 0 Å². The lowest BCUT2D eigenvalue weighted by Gasteiger charge is -2.05. The summed E-state index contributed by atoms with van der Waals surface area (Å²) in [7, 11) is -3.55. The molecule has 0 saturated heterocycles. The summed E-state index contributed by atoms with van der Waals surface area (Å²) in [5.74, 6) is -0.239. The number of rotatable bonds is 6. The number of oxazole rings is 1. The van der Waals surface area contributed by atoms with Gasteiger partial charge in [0, 0.05) is 17.3 Å². The van der Waals surface area contributed by atoms with Gasteiger partial charge in [0.1, 0.15) is 12.0 Å². The van der Waals surface area contributed by atoms with E-state index in [0.29, 0.717) is 22.5 Å². The van der Waals surface area contributed by atoms with E-state index < -0.39 is 9.84 Å². The summed E-state index contributed by atoms with van der Waals surface area (Å²) in [6, 6.07) is 15.3. The minimum absolute atomic E-state index is 0.258. The topological polar surface area (TPSA) is 102 Å². The fourth-order valence-corrected chi connectivity index (χ4v) is 4.42. The number of nitrogens with one attached hydrogen (secondary N) is 1. The minimum atomic E-state index is -3.55. The first-order chi connectivity index (χ1) is 15.3. The van der Waals surface area contributed by atoms with Gasteiger partial charge >= 0.3 is 0 Å². The van der Waals surface area contributed by atoms with Crippen molar-refractivity contribution >= 4 is 21.4 Å². The van der Waals surface area contributed by atoms with Gasteiger partial charge in [-0.2, -0.15) is 0 Å². The second kappa shape index (κ2) is 8.76. The van der Waals surface area contributed by atoms with E-state index in [1.807, 2.05) is 13.8 Å². The molecule has 2 heterocycles. The molecular weight excluding hydrogens is 426 g/mol. The lowest BCUT2D eigenvalue weighted by Crippen LogP contribution is -2.11. The van der Waals surface area contributed by atoms with Crippen molar-refractivity contribution in [2.45, 2.75) is 24.5 Å². The fraction of sp³-hybridized carbons (Fsp3) is 0.125. The molecule has 32 heavy (non-hydrogen) atoms. The van der Waals surface area contributed by atoms with Crippen molar-refractivity contribution in [3.05, 3.63) is 95.6 Å². The molecule has 7 nitrogen and oxygen atoms in total. The Kier molecular flexibility index (Phi) is 5.87. The van der Waals surface area contributed by atoms with Crippen molar-refractivity contribution < 1.29 is 17.6 Å². The molecule has 0 aliphatic carbocycles. The first kappa shape index (κ1) is 21.5. The Morgan fingerprint density at radius 2 is 1.81 bits per heavy atom. The van der Waals surface area contributed by atoms with Gasteiger partial charge in [-0.3, -0.25) is 9.78 Å². The van der Waals surface area contributed by atoms with E-state index in [0.717, 1.165) is 11.1 Å². The summed E-state index contributed by atoms with van der Waals surface area (Å²) in [6.45, 7) is 3.81. The highest BCUT2D eigenvalue weighted by Gasteiger charge is 2.19. The van der Waals surface area contributed by atoms with Crippen molar-refractivity contribution in [3.8, 4) is 11.5 Å². The molecule has 0 saturated carbocycles. The van der Waals surface area contributed by atoms with Crippen LogP contribution in [0.3, 0.4) is 0 Å². The lowest BCUT2D eigenvalue weighted by molar-refractivity contribution is 0.102. The number of amides is 1. The molecule has 0 aliphatic heterocycles. The monoisotopic (exact) mass is 447 g/mol. The third kappa shape index (κ3) is 4.76. The summed E-state index contributed by atoms with van der Waals surface area (Å²) in [6.07, 6.45) is 4.53. The molecule has 2 aromatic heterocycles. The van der Waals surface area contributed by atoms with Gasteiger partial charge in [-0.05, 0) is 73.5 Å². The zero-order valence-electron chi connectivity index (χ0n) is 17.6. The SMILES string of the molecule is Cc1ccc(S(=O)(=O)Cc2coc(-c3ccc(C(=O)Nc4cccnc4)cc3)n2)cc1C. The molecule has 0 bridgehead atoms. The van der Waals surface area contributed by atoms with Crippen molar-refractivity contribution in [2.75, 3.05) is 5.32 Å². The normalized spacial score (nSPS) is 11.3. The second-order valence-corrected chi connectivity index (χ2v) is 9.41. The van der Waals surface area contributed by atoms with Gasteiger partial charge < -0.3 is 9.73 Å². The Bertz CT molecular complexity index is 1360. The smallest absolute Gasteiger partial charge is 0.255 e. The van der Waals surface area contributed by atoms with Gasteiger partial charge in [-0.25, -0.2) is 13.4 Å². The summed E-state index contributed by atoms with van der Waals surface area (Å²) in [5.41, 5.74) is 3.96. The summed E-state index contributed by atoms with van der Waals surface area (Å²) in [5, 5.41) is 2.76. The number of carbonyl (C=O) groups excluding carboxylic acids is 1. The molecule has 0 radical (unpaired) electrons. The quantitative estimate of drug-likeness (QED) is 0.464. The number of nitrogens with zero attached hydrogens (tertiary/aromatic N) is 2. The molecule has 0 spiro atoms. The molecule has 1 N–H and O–H groups in total. The minimum Gasteiger partial charge on any atom is -0.444 e. The highest BCUT2D eigenvalue weighted by molar-refractivity contribution is 7.90. The Balaban J connectivity index is 1.47. The van der Waals surface area contributed by atoms with E-state index in [1.165, 1.54) is 6.26 Å². The predicted molar refractivity (Wildman–Crippen MR) is 121 cm³/mol. The Morgan fingerprint density at radius 3 is 2.50 bits per heavy atom. The van der Waals surface area contributed by atoms with Crippen LogP contribution in [0, 0.1) is 13.8 Å². The molecule has 162 valence electrons. The highest BCUT2D eigenvalue weighted by Crippen LogP contribution is 2.23. The van der Waals surface area contributed by atoms with Crippen LogP contribution in [0.4, 0.5) is 5.69 Å². The second-order valence-electron chi connectivity index (χ2n) is 7.42. The molecule has 2 aromatic carbocycles. The molecule has 4 aromatic rings. The van der Waals surface area contributed by atoms with E-state index in [-0.39, 0.29) is 22.4 Å². The number of pyridine rings is 1. The Morgan fingerprint density at radius 1 is 1.03 bits per heavy atom. The van der Waals surface area contributed by atoms with Crippen LogP contribution in [0.25, 0.3) is 11.5 Å². The first-order valence-electron chi connectivity index (χ1n) is 9.88. The van der Waals surface area contributed by atoms with Crippen LogP contribution < -0.4 is 5.32 Å². The van der Waals surface area contributed by atoms with Gasteiger partial charge in [0.2, 0.25) is 5.89 Å².